The molecule has 20 heavy (non-hydrogen) atoms. The van der Waals surface area contributed by atoms with E-state index in [0.29, 0.717) is 11.3 Å². The van der Waals surface area contributed by atoms with Crippen molar-refractivity contribution in [1.82, 2.24) is 0 Å². The summed E-state index contributed by atoms with van der Waals surface area (Å²) in [4.78, 5) is 2.31. The fourth-order valence-electron chi connectivity index (χ4n) is 2.82. The summed E-state index contributed by atoms with van der Waals surface area (Å²) in [5, 5.41) is 8.92. The number of benzene rings is 2. The Morgan fingerprint density at radius 1 is 1.10 bits per heavy atom. The molecule has 2 N–H and O–H groups in total. The Labute approximate surface area is 119 Å². The SMILES string of the molecule is N#Cc1ccc(N2CCCc3ccccc3C2)c(N)c1. The van der Waals surface area contributed by atoms with E-state index in [1.54, 1.807) is 6.07 Å². The third kappa shape index (κ3) is 2.33. The zero-order chi connectivity index (χ0) is 13.9. The molecule has 0 fully saturated rings. The molecular formula is C17H17N3. The predicted octanol–water partition coefficient (Wildman–Crippen LogP) is 3.09. The van der Waals surface area contributed by atoms with E-state index < -0.39 is 0 Å². The largest absolute Gasteiger partial charge is 0.397 e. The molecule has 0 unspecified atom stereocenters. The zero-order valence-electron chi connectivity index (χ0n) is 11.3. The molecule has 0 aliphatic carbocycles. The fourth-order valence-corrected chi connectivity index (χ4v) is 2.82. The summed E-state index contributed by atoms with van der Waals surface area (Å²) in [7, 11) is 0. The van der Waals surface area contributed by atoms with Gasteiger partial charge in [0, 0.05) is 13.1 Å². The topological polar surface area (TPSA) is 53.0 Å². The van der Waals surface area contributed by atoms with Crippen LogP contribution in [0.3, 0.4) is 0 Å². The minimum atomic E-state index is 0.612. The summed E-state index contributed by atoms with van der Waals surface area (Å²) < 4.78 is 0. The van der Waals surface area contributed by atoms with Crippen LogP contribution in [0, 0.1) is 11.3 Å². The molecule has 0 radical (unpaired) electrons. The molecule has 2 aromatic carbocycles. The molecule has 0 amide bonds. The van der Waals surface area contributed by atoms with E-state index in [9.17, 15) is 0 Å². The van der Waals surface area contributed by atoms with Crippen molar-refractivity contribution in [2.24, 2.45) is 0 Å². The molecule has 0 spiro atoms. The van der Waals surface area contributed by atoms with Gasteiger partial charge in [-0.15, -0.1) is 0 Å². The predicted molar refractivity (Wildman–Crippen MR) is 81.4 cm³/mol. The van der Waals surface area contributed by atoms with Gasteiger partial charge in [-0.2, -0.15) is 5.26 Å². The van der Waals surface area contributed by atoms with Gasteiger partial charge in [0.15, 0.2) is 0 Å². The van der Waals surface area contributed by atoms with Gasteiger partial charge in [-0.1, -0.05) is 24.3 Å². The van der Waals surface area contributed by atoms with Crippen molar-refractivity contribution in [2.45, 2.75) is 19.4 Å². The molecule has 100 valence electrons. The summed E-state index contributed by atoms with van der Waals surface area (Å²) in [6.07, 6.45) is 2.24. The van der Waals surface area contributed by atoms with Crippen LogP contribution in [0.25, 0.3) is 0 Å². The number of nitrogen functional groups attached to an aromatic ring is 1. The number of hydrogen-bond donors (Lipinski definition) is 1. The van der Waals surface area contributed by atoms with E-state index in [-0.39, 0.29) is 0 Å². The van der Waals surface area contributed by atoms with Gasteiger partial charge in [0.25, 0.3) is 0 Å². The van der Waals surface area contributed by atoms with Crippen LogP contribution in [-0.2, 0) is 13.0 Å². The number of hydrogen-bond acceptors (Lipinski definition) is 3. The van der Waals surface area contributed by atoms with E-state index in [4.69, 9.17) is 11.0 Å². The monoisotopic (exact) mass is 263 g/mol. The average molecular weight is 263 g/mol. The van der Waals surface area contributed by atoms with Crippen molar-refractivity contribution in [1.29, 1.82) is 5.26 Å². The second kappa shape index (κ2) is 5.26. The van der Waals surface area contributed by atoms with Crippen LogP contribution in [0.15, 0.2) is 42.5 Å². The van der Waals surface area contributed by atoms with Crippen LogP contribution in [0.1, 0.15) is 23.1 Å². The average Bonchev–Trinajstić information content (AvgIpc) is 2.69. The molecule has 0 atom stereocenters. The van der Waals surface area contributed by atoms with Gasteiger partial charge in [0.05, 0.1) is 23.0 Å². The van der Waals surface area contributed by atoms with Gasteiger partial charge in [0.1, 0.15) is 0 Å². The van der Waals surface area contributed by atoms with Crippen LogP contribution >= 0.6 is 0 Å². The number of aryl methyl sites for hydroxylation is 1. The quantitative estimate of drug-likeness (QED) is 0.804. The Hall–Kier alpha value is -2.47. The maximum Gasteiger partial charge on any atom is 0.0992 e. The Balaban J connectivity index is 1.94. The number of anilines is 2. The van der Waals surface area contributed by atoms with Gasteiger partial charge < -0.3 is 10.6 Å². The zero-order valence-corrected chi connectivity index (χ0v) is 11.3. The molecule has 3 heteroatoms. The lowest BCUT2D eigenvalue weighted by molar-refractivity contribution is 0.767. The number of nitrogens with two attached hydrogens (primary N) is 1. The summed E-state index contributed by atoms with van der Waals surface area (Å²) in [5.74, 6) is 0. The summed E-state index contributed by atoms with van der Waals surface area (Å²) in [5.41, 5.74) is 11.2. The van der Waals surface area contributed by atoms with Crippen LogP contribution in [0.5, 0.6) is 0 Å². The second-order valence-electron chi connectivity index (χ2n) is 5.18. The fraction of sp³-hybridized carbons (Fsp3) is 0.235. The minimum absolute atomic E-state index is 0.612. The van der Waals surface area contributed by atoms with Gasteiger partial charge in [0.2, 0.25) is 0 Å². The highest BCUT2D eigenvalue weighted by Crippen LogP contribution is 2.29. The lowest BCUT2D eigenvalue weighted by Gasteiger charge is -2.24. The third-order valence-corrected chi connectivity index (χ3v) is 3.85. The molecule has 3 nitrogen and oxygen atoms in total. The van der Waals surface area contributed by atoms with E-state index in [1.807, 2.05) is 12.1 Å². The molecule has 1 aliphatic heterocycles. The van der Waals surface area contributed by atoms with Gasteiger partial charge in [-0.25, -0.2) is 0 Å². The maximum atomic E-state index is 8.92. The van der Waals surface area contributed by atoms with Crippen LogP contribution < -0.4 is 10.6 Å². The number of nitriles is 1. The van der Waals surface area contributed by atoms with Crippen LogP contribution in [-0.4, -0.2) is 6.54 Å². The van der Waals surface area contributed by atoms with Crippen LogP contribution in [0.2, 0.25) is 0 Å². The maximum absolute atomic E-state index is 8.92. The van der Waals surface area contributed by atoms with Crippen molar-refractivity contribution in [3.8, 4) is 6.07 Å². The Morgan fingerprint density at radius 3 is 2.65 bits per heavy atom. The Bertz CT molecular complexity index is 670. The van der Waals surface area contributed by atoms with Crippen LogP contribution in [0.4, 0.5) is 11.4 Å². The molecule has 0 aromatic heterocycles. The first-order valence-electron chi connectivity index (χ1n) is 6.89. The van der Waals surface area contributed by atoms with Crippen molar-refractivity contribution >= 4 is 11.4 Å². The minimum Gasteiger partial charge on any atom is -0.397 e. The smallest absolute Gasteiger partial charge is 0.0992 e. The van der Waals surface area contributed by atoms with Gasteiger partial charge >= 0.3 is 0 Å². The number of nitrogens with zero attached hydrogens (tertiary/aromatic N) is 2. The lowest BCUT2D eigenvalue weighted by atomic mass is 10.0. The molecule has 0 saturated carbocycles. The molecule has 1 aliphatic rings. The van der Waals surface area contributed by atoms with Crippen molar-refractivity contribution < 1.29 is 0 Å². The molecule has 1 heterocycles. The van der Waals surface area contributed by atoms with Crippen molar-refractivity contribution in [2.75, 3.05) is 17.2 Å². The Kier molecular flexibility index (Phi) is 3.30. The van der Waals surface area contributed by atoms with Gasteiger partial charge in [-0.05, 0) is 42.2 Å². The van der Waals surface area contributed by atoms with E-state index in [2.05, 4.69) is 35.2 Å². The van der Waals surface area contributed by atoms with E-state index in [1.165, 1.54) is 11.1 Å². The molecule has 2 aromatic rings. The van der Waals surface area contributed by atoms with E-state index >= 15 is 0 Å². The molecular weight excluding hydrogens is 246 g/mol. The summed E-state index contributed by atoms with van der Waals surface area (Å²) in [6.45, 7) is 1.87. The first-order chi connectivity index (χ1) is 9.78. The third-order valence-electron chi connectivity index (χ3n) is 3.85. The highest BCUT2D eigenvalue weighted by molar-refractivity contribution is 5.69. The number of fused-ring (bicyclic) bond motifs is 1. The Morgan fingerprint density at radius 2 is 1.90 bits per heavy atom. The standard InChI is InChI=1S/C17H17N3/c18-11-13-7-8-17(16(19)10-13)20-9-3-6-14-4-1-2-5-15(14)12-20/h1-2,4-5,7-8,10H,3,6,9,12,19H2. The number of rotatable bonds is 1. The normalized spacial score (nSPS) is 14.2. The molecule has 3 rings (SSSR count). The molecule has 0 bridgehead atoms. The first kappa shape index (κ1) is 12.6. The first-order valence-corrected chi connectivity index (χ1v) is 6.89. The second-order valence-corrected chi connectivity index (χ2v) is 5.18. The molecule has 0 saturated heterocycles. The summed E-state index contributed by atoms with van der Waals surface area (Å²) in [6, 6.07) is 16.3. The highest BCUT2D eigenvalue weighted by Gasteiger charge is 2.16. The van der Waals surface area contributed by atoms with E-state index in [0.717, 1.165) is 31.6 Å². The highest BCUT2D eigenvalue weighted by atomic mass is 15.1. The lowest BCUT2D eigenvalue weighted by Crippen LogP contribution is -2.23. The van der Waals surface area contributed by atoms with Crippen molar-refractivity contribution in [3.63, 3.8) is 0 Å². The van der Waals surface area contributed by atoms with Gasteiger partial charge in [-0.3, -0.25) is 0 Å². The van der Waals surface area contributed by atoms with Crippen molar-refractivity contribution in [3.05, 3.63) is 59.2 Å². The summed E-state index contributed by atoms with van der Waals surface area (Å²) >= 11 is 0.